The number of aliphatic hydroxyl groups excluding tert-OH is 1. The molecule has 0 aromatic heterocycles. The van der Waals surface area contributed by atoms with E-state index in [1.165, 1.54) is 29.9 Å². The first-order valence-corrected chi connectivity index (χ1v) is 14.0. The zero-order valence-corrected chi connectivity index (χ0v) is 22.3. The summed E-state index contributed by atoms with van der Waals surface area (Å²) in [4.78, 5) is 39.2. The van der Waals surface area contributed by atoms with Gasteiger partial charge in [-0.3, -0.25) is 0 Å². The fourth-order valence-corrected chi connectivity index (χ4v) is 8.73. The van der Waals surface area contributed by atoms with Crippen LogP contribution in [-0.2, 0) is 47.5 Å². The highest BCUT2D eigenvalue weighted by molar-refractivity contribution is 5.84. The van der Waals surface area contributed by atoms with Crippen LogP contribution in [0.15, 0.2) is 36.0 Å². The van der Waals surface area contributed by atoms with Crippen molar-refractivity contribution >= 4 is 17.9 Å². The molecule has 0 amide bonds. The fraction of sp³-hybridized carbons (Fsp3) is 0.690. The van der Waals surface area contributed by atoms with Gasteiger partial charge in [0.2, 0.25) is 0 Å². The lowest BCUT2D eigenvalue weighted by Crippen LogP contribution is -2.67. The van der Waals surface area contributed by atoms with E-state index in [2.05, 4.69) is 19.9 Å². The van der Waals surface area contributed by atoms with Gasteiger partial charge in [-0.25, -0.2) is 14.4 Å². The summed E-state index contributed by atoms with van der Waals surface area (Å²) >= 11 is 0. The first-order chi connectivity index (χ1) is 19.1. The van der Waals surface area contributed by atoms with E-state index in [0.717, 1.165) is 6.42 Å². The molecule has 8 rings (SSSR count). The first-order valence-electron chi connectivity index (χ1n) is 14.0. The van der Waals surface area contributed by atoms with Crippen LogP contribution in [-0.4, -0.2) is 96.3 Å². The van der Waals surface area contributed by atoms with Gasteiger partial charge in [0.1, 0.15) is 23.9 Å². The van der Waals surface area contributed by atoms with Crippen molar-refractivity contribution < 1.29 is 52.6 Å². The molecule has 6 fully saturated rings. The van der Waals surface area contributed by atoms with Crippen LogP contribution >= 0.6 is 0 Å². The number of hydrogen-bond acceptors (Lipinski definition) is 11. The average molecular weight is 557 g/mol. The van der Waals surface area contributed by atoms with Gasteiger partial charge in [0.15, 0.2) is 23.9 Å². The van der Waals surface area contributed by atoms with Crippen molar-refractivity contribution in [2.24, 2.45) is 10.8 Å². The molecule has 6 aliphatic heterocycles. The molecule has 6 heterocycles. The molecule has 2 aliphatic carbocycles. The summed E-state index contributed by atoms with van der Waals surface area (Å²) in [7, 11) is 0. The van der Waals surface area contributed by atoms with Crippen LogP contribution in [0.5, 0.6) is 0 Å². The second kappa shape index (κ2) is 7.83. The molecular formula is C29H32O11. The lowest BCUT2D eigenvalue weighted by Gasteiger charge is -2.58. The molecule has 40 heavy (non-hydrogen) atoms. The molecule has 11 atom stereocenters. The van der Waals surface area contributed by atoms with Crippen molar-refractivity contribution in [2.75, 3.05) is 19.8 Å². The standard InChI is InChI=1S/C29H32O11/c1-15-6-8-26-13-34-23(33)21-28(40-21)9-10-35-27(20(31)22(32)39-24(27)28)7-4-3-5-19(30)38-16-12-18(37-17(26)11-15)29(14-36-29)25(16,26)2/h3-5,7,11,16-18,20-21,24,31H,6,8-10,12-14H2,1-2H3/b5-3-,7-4+/t16-,17-,18?,20?,21?,24+,25-,26-,27-,28+,29?/m1/s1. The molecule has 0 aromatic carbocycles. The van der Waals surface area contributed by atoms with E-state index >= 15 is 0 Å². The van der Waals surface area contributed by atoms with Gasteiger partial charge >= 0.3 is 17.9 Å². The van der Waals surface area contributed by atoms with Crippen LogP contribution in [0.4, 0.5) is 0 Å². The van der Waals surface area contributed by atoms with E-state index in [4.69, 9.17) is 33.2 Å². The number of rotatable bonds is 0. The van der Waals surface area contributed by atoms with Gasteiger partial charge in [0, 0.05) is 24.3 Å². The average Bonchev–Trinajstić information content (AvgIpc) is 3.83. The van der Waals surface area contributed by atoms with E-state index in [1.807, 2.05) is 0 Å². The minimum Gasteiger partial charge on any atom is -0.463 e. The fourth-order valence-electron chi connectivity index (χ4n) is 8.73. The van der Waals surface area contributed by atoms with E-state index in [9.17, 15) is 19.5 Å². The second-order valence-corrected chi connectivity index (χ2v) is 12.7. The number of allylic oxidation sites excluding steroid dienone is 3. The summed E-state index contributed by atoms with van der Waals surface area (Å²) in [6.45, 7) is 4.77. The van der Waals surface area contributed by atoms with Crippen molar-refractivity contribution in [1.29, 1.82) is 0 Å². The Morgan fingerprint density at radius 1 is 1.00 bits per heavy atom. The third-order valence-corrected chi connectivity index (χ3v) is 11.2. The van der Waals surface area contributed by atoms with E-state index in [0.29, 0.717) is 19.4 Å². The molecule has 0 radical (unpaired) electrons. The van der Waals surface area contributed by atoms with Gasteiger partial charge in [-0.15, -0.1) is 0 Å². The SMILES string of the molecule is CC1=C[C@H]2OC3C[C@H]4OC(=O)/C=C\C=C\[C@]56OCC[C@@]7(OC7C(=O)OC[C@@]2(CC1)[C@]4(C)C31CO1)[C@H]5OC(=O)C6O. The molecule has 214 valence electrons. The second-order valence-electron chi connectivity index (χ2n) is 12.7. The van der Waals surface area contributed by atoms with E-state index in [1.54, 1.807) is 0 Å². The Balaban J connectivity index is 1.22. The van der Waals surface area contributed by atoms with E-state index < -0.39 is 70.0 Å². The smallest absolute Gasteiger partial charge is 0.339 e. The molecule has 1 saturated carbocycles. The third kappa shape index (κ3) is 2.85. The van der Waals surface area contributed by atoms with Crippen LogP contribution in [0.2, 0.25) is 0 Å². The summed E-state index contributed by atoms with van der Waals surface area (Å²) in [6, 6.07) is 0. The predicted octanol–water partition coefficient (Wildman–Crippen LogP) is 0.823. The zero-order valence-electron chi connectivity index (χ0n) is 22.3. The number of carbonyl (C=O) groups is 3. The molecule has 1 N–H and O–H groups in total. The van der Waals surface area contributed by atoms with Gasteiger partial charge in [0.05, 0.1) is 30.8 Å². The molecule has 5 saturated heterocycles. The Labute approximate surface area is 230 Å². The molecule has 3 spiro atoms. The first kappa shape index (κ1) is 25.2. The summed E-state index contributed by atoms with van der Waals surface area (Å²) in [6.07, 6.45) is 5.27. The minimum atomic E-state index is -1.62. The van der Waals surface area contributed by atoms with Gasteiger partial charge in [0.25, 0.3) is 0 Å². The summed E-state index contributed by atoms with van der Waals surface area (Å²) in [5, 5.41) is 10.8. The van der Waals surface area contributed by atoms with Crippen molar-refractivity contribution in [3.8, 4) is 0 Å². The van der Waals surface area contributed by atoms with Gasteiger partial charge in [-0.1, -0.05) is 30.7 Å². The normalized spacial score (nSPS) is 55.6. The Morgan fingerprint density at radius 3 is 2.62 bits per heavy atom. The maximum absolute atomic E-state index is 13.6. The van der Waals surface area contributed by atoms with Crippen LogP contribution in [0, 0.1) is 10.8 Å². The number of carbonyl (C=O) groups excluding carboxylic acids is 3. The largest absolute Gasteiger partial charge is 0.463 e. The minimum absolute atomic E-state index is 0.0169. The number of epoxide rings is 2. The molecule has 4 bridgehead atoms. The monoisotopic (exact) mass is 556 g/mol. The molecule has 8 aliphatic rings. The van der Waals surface area contributed by atoms with Gasteiger partial charge in [-0.05, 0) is 25.8 Å². The number of hydrogen-bond donors (Lipinski definition) is 1. The molecule has 4 unspecified atom stereocenters. The van der Waals surface area contributed by atoms with Crippen molar-refractivity contribution in [2.45, 2.75) is 93.0 Å². The maximum atomic E-state index is 13.6. The molecular weight excluding hydrogens is 524 g/mol. The van der Waals surface area contributed by atoms with E-state index in [-0.39, 0.29) is 31.8 Å². The zero-order chi connectivity index (χ0) is 27.7. The Kier molecular flexibility index (Phi) is 4.92. The summed E-state index contributed by atoms with van der Waals surface area (Å²) in [5.74, 6) is -1.99. The number of ether oxygens (including phenoxy) is 7. The number of cyclic esters (lactones) is 1. The lowest BCUT2D eigenvalue weighted by atomic mass is 9.51. The summed E-state index contributed by atoms with van der Waals surface area (Å²) < 4.78 is 42.4. The lowest BCUT2D eigenvalue weighted by molar-refractivity contribution is -0.233. The highest BCUT2D eigenvalue weighted by Gasteiger charge is 2.83. The third-order valence-electron chi connectivity index (χ3n) is 11.2. The van der Waals surface area contributed by atoms with Crippen molar-refractivity contribution in [1.82, 2.24) is 0 Å². The molecule has 11 nitrogen and oxygen atoms in total. The number of esters is 3. The van der Waals surface area contributed by atoms with Crippen LogP contribution < -0.4 is 0 Å². The topological polar surface area (TPSA) is 143 Å². The maximum Gasteiger partial charge on any atom is 0.339 e. The predicted molar refractivity (Wildman–Crippen MR) is 131 cm³/mol. The van der Waals surface area contributed by atoms with Crippen molar-refractivity contribution in [3.63, 3.8) is 0 Å². The highest BCUT2D eigenvalue weighted by atomic mass is 16.7. The van der Waals surface area contributed by atoms with Crippen LogP contribution in [0.25, 0.3) is 0 Å². The van der Waals surface area contributed by atoms with Crippen LogP contribution in [0.3, 0.4) is 0 Å². The molecule has 0 aromatic rings. The highest BCUT2D eigenvalue weighted by Crippen LogP contribution is 2.72. The number of aliphatic hydroxyl groups is 1. The Morgan fingerprint density at radius 2 is 1.82 bits per heavy atom. The Hall–Kier alpha value is -2.57. The quantitative estimate of drug-likeness (QED) is 0.196. The molecule has 11 heteroatoms. The van der Waals surface area contributed by atoms with Crippen LogP contribution in [0.1, 0.15) is 39.5 Å². The van der Waals surface area contributed by atoms with Crippen molar-refractivity contribution in [3.05, 3.63) is 36.0 Å². The Bertz CT molecular complexity index is 1300. The van der Waals surface area contributed by atoms with Gasteiger partial charge < -0.3 is 38.3 Å². The van der Waals surface area contributed by atoms with Gasteiger partial charge in [-0.2, -0.15) is 0 Å². The summed E-state index contributed by atoms with van der Waals surface area (Å²) in [5.41, 5.74) is -3.57.